The number of benzene rings is 1. The smallest absolute Gasteiger partial charge is 0.123 e. The van der Waals surface area contributed by atoms with Gasteiger partial charge in [0.05, 0.1) is 13.2 Å². The van der Waals surface area contributed by atoms with Crippen LogP contribution >= 0.6 is 0 Å². The number of aliphatic hydroxyl groups is 1. The molecule has 0 aliphatic carbocycles. The Morgan fingerprint density at radius 2 is 2.05 bits per heavy atom. The molecule has 0 saturated carbocycles. The van der Waals surface area contributed by atoms with Gasteiger partial charge in [0.1, 0.15) is 5.82 Å². The van der Waals surface area contributed by atoms with E-state index in [0.717, 1.165) is 18.9 Å². The first-order valence-corrected chi connectivity index (χ1v) is 6.55. The van der Waals surface area contributed by atoms with E-state index in [-0.39, 0.29) is 12.6 Å². The van der Waals surface area contributed by atoms with Crippen LogP contribution in [0.3, 0.4) is 0 Å². The number of rotatable bonds is 6. The van der Waals surface area contributed by atoms with E-state index >= 15 is 0 Å². The largest absolute Gasteiger partial charge is 0.395 e. The number of aliphatic hydroxyl groups excluding tert-OH is 1. The van der Waals surface area contributed by atoms with Gasteiger partial charge in [-0.25, -0.2) is 4.98 Å². The molecule has 1 unspecified atom stereocenters. The normalized spacial score (nSPS) is 12.8. The zero-order chi connectivity index (χ0) is 13.7. The molecule has 0 radical (unpaired) electrons. The maximum Gasteiger partial charge on any atom is 0.123 e. The van der Waals surface area contributed by atoms with Gasteiger partial charge < -0.3 is 9.67 Å². The molecule has 0 bridgehead atoms. The van der Waals surface area contributed by atoms with Crippen molar-refractivity contribution in [1.29, 1.82) is 0 Å². The first-order chi connectivity index (χ1) is 9.20. The van der Waals surface area contributed by atoms with Gasteiger partial charge in [-0.1, -0.05) is 30.3 Å². The molecule has 0 aliphatic rings. The van der Waals surface area contributed by atoms with Crippen molar-refractivity contribution in [2.75, 3.05) is 13.7 Å². The minimum absolute atomic E-state index is 0.141. The van der Waals surface area contributed by atoms with Gasteiger partial charge in [0.25, 0.3) is 0 Å². The number of hydrogen-bond donors (Lipinski definition) is 1. The molecule has 102 valence electrons. The fraction of sp³-hybridized carbons (Fsp3) is 0.400. The van der Waals surface area contributed by atoms with Gasteiger partial charge in [-0.3, -0.25) is 4.90 Å². The fourth-order valence-electron chi connectivity index (χ4n) is 1.93. The zero-order valence-corrected chi connectivity index (χ0v) is 11.5. The van der Waals surface area contributed by atoms with Gasteiger partial charge in [-0.2, -0.15) is 0 Å². The van der Waals surface area contributed by atoms with E-state index in [0.29, 0.717) is 0 Å². The Morgan fingerprint density at radius 3 is 2.74 bits per heavy atom. The summed E-state index contributed by atoms with van der Waals surface area (Å²) >= 11 is 0. The number of likely N-dealkylation sites (N-methyl/N-ethyl adjacent to an activating group) is 1. The Hall–Kier alpha value is -1.65. The lowest BCUT2D eigenvalue weighted by Crippen LogP contribution is -2.32. The Labute approximate surface area is 114 Å². The average molecular weight is 259 g/mol. The Kier molecular flexibility index (Phi) is 4.71. The summed E-state index contributed by atoms with van der Waals surface area (Å²) in [6.45, 7) is 3.74. The molecule has 19 heavy (non-hydrogen) atoms. The van der Waals surface area contributed by atoms with Gasteiger partial charge in [0, 0.05) is 25.0 Å². The molecule has 2 rings (SSSR count). The number of hydrogen-bond acceptors (Lipinski definition) is 3. The third-order valence-corrected chi connectivity index (χ3v) is 3.40. The Bertz CT molecular complexity index is 495. The predicted molar refractivity (Wildman–Crippen MR) is 75.8 cm³/mol. The highest BCUT2D eigenvalue weighted by atomic mass is 16.3. The van der Waals surface area contributed by atoms with E-state index < -0.39 is 0 Å². The predicted octanol–water partition coefficient (Wildman–Crippen LogP) is 1.74. The van der Waals surface area contributed by atoms with Crippen LogP contribution in [0.25, 0.3) is 0 Å². The summed E-state index contributed by atoms with van der Waals surface area (Å²) < 4.78 is 2.15. The van der Waals surface area contributed by atoms with Crippen LogP contribution in [0.4, 0.5) is 0 Å². The second kappa shape index (κ2) is 6.50. The molecule has 4 nitrogen and oxygen atoms in total. The van der Waals surface area contributed by atoms with E-state index in [2.05, 4.69) is 26.6 Å². The number of aromatic nitrogens is 2. The number of nitrogens with zero attached hydrogens (tertiary/aromatic N) is 3. The van der Waals surface area contributed by atoms with Gasteiger partial charge >= 0.3 is 0 Å². The van der Waals surface area contributed by atoms with E-state index in [1.54, 1.807) is 0 Å². The third kappa shape index (κ3) is 3.66. The van der Waals surface area contributed by atoms with Crippen molar-refractivity contribution < 1.29 is 5.11 Å². The van der Waals surface area contributed by atoms with Crippen molar-refractivity contribution in [3.8, 4) is 0 Å². The average Bonchev–Trinajstić information content (AvgIpc) is 2.86. The lowest BCUT2D eigenvalue weighted by Gasteiger charge is -2.22. The van der Waals surface area contributed by atoms with Crippen molar-refractivity contribution in [2.45, 2.75) is 26.1 Å². The molecule has 1 aromatic heterocycles. The molecule has 4 heteroatoms. The van der Waals surface area contributed by atoms with Crippen LogP contribution in [0.5, 0.6) is 0 Å². The van der Waals surface area contributed by atoms with E-state index in [1.807, 2.05) is 44.6 Å². The molecule has 1 N–H and O–H groups in total. The SMILES string of the molecule is CC(CO)N(C)Cc1nccn1Cc1ccccc1. The summed E-state index contributed by atoms with van der Waals surface area (Å²) in [6.07, 6.45) is 3.83. The van der Waals surface area contributed by atoms with E-state index in [1.165, 1.54) is 5.56 Å². The van der Waals surface area contributed by atoms with E-state index in [4.69, 9.17) is 5.11 Å². The molecule has 0 amide bonds. The maximum atomic E-state index is 9.17. The molecule has 2 aromatic rings. The summed E-state index contributed by atoms with van der Waals surface area (Å²) in [7, 11) is 2.00. The van der Waals surface area contributed by atoms with Crippen molar-refractivity contribution in [1.82, 2.24) is 14.5 Å². The quantitative estimate of drug-likeness (QED) is 0.859. The molecule has 0 spiro atoms. The van der Waals surface area contributed by atoms with Crippen molar-refractivity contribution >= 4 is 0 Å². The lowest BCUT2D eigenvalue weighted by atomic mass is 10.2. The number of imidazole rings is 1. The van der Waals surface area contributed by atoms with Crippen molar-refractivity contribution in [2.24, 2.45) is 0 Å². The van der Waals surface area contributed by atoms with Crippen molar-refractivity contribution in [3.63, 3.8) is 0 Å². The van der Waals surface area contributed by atoms with Crippen molar-refractivity contribution in [3.05, 3.63) is 54.1 Å². The fourth-order valence-corrected chi connectivity index (χ4v) is 1.93. The molecule has 1 aromatic carbocycles. The zero-order valence-electron chi connectivity index (χ0n) is 11.5. The molecular weight excluding hydrogens is 238 g/mol. The monoisotopic (exact) mass is 259 g/mol. The summed E-state index contributed by atoms with van der Waals surface area (Å²) in [5, 5.41) is 9.17. The standard InChI is InChI=1S/C15H21N3O/c1-13(12-19)17(2)11-15-16-8-9-18(15)10-14-6-4-3-5-7-14/h3-9,13,19H,10-12H2,1-2H3. The van der Waals surface area contributed by atoms with Gasteiger partial charge in [0.15, 0.2) is 0 Å². The molecular formula is C15H21N3O. The minimum Gasteiger partial charge on any atom is -0.395 e. The first kappa shape index (κ1) is 13.8. The molecule has 1 atom stereocenters. The summed E-state index contributed by atoms with van der Waals surface area (Å²) in [6, 6.07) is 10.5. The van der Waals surface area contributed by atoms with Gasteiger partial charge in [-0.05, 0) is 19.5 Å². The molecule has 0 aliphatic heterocycles. The highest BCUT2D eigenvalue weighted by Crippen LogP contribution is 2.08. The summed E-state index contributed by atoms with van der Waals surface area (Å²) in [5.41, 5.74) is 1.26. The van der Waals surface area contributed by atoms with Crippen LogP contribution in [0, 0.1) is 0 Å². The second-order valence-electron chi connectivity index (χ2n) is 4.90. The minimum atomic E-state index is 0.141. The maximum absolute atomic E-state index is 9.17. The first-order valence-electron chi connectivity index (χ1n) is 6.55. The lowest BCUT2D eigenvalue weighted by molar-refractivity contribution is 0.150. The molecule has 1 heterocycles. The van der Waals surface area contributed by atoms with Crippen LogP contribution in [-0.4, -0.2) is 39.3 Å². The Morgan fingerprint density at radius 1 is 1.32 bits per heavy atom. The van der Waals surface area contributed by atoms with E-state index in [9.17, 15) is 0 Å². The van der Waals surface area contributed by atoms with Crippen LogP contribution in [0.1, 0.15) is 18.3 Å². The molecule has 0 fully saturated rings. The van der Waals surface area contributed by atoms with Crippen LogP contribution in [-0.2, 0) is 13.1 Å². The summed E-state index contributed by atoms with van der Waals surface area (Å²) in [5.74, 6) is 1.02. The van der Waals surface area contributed by atoms with Crippen LogP contribution in [0.15, 0.2) is 42.7 Å². The topological polar surface area (TPSA) is 41.3 Å². The summed E-state index contributed by atoms with van der Waals surface area (Å²) in [4.78, 5) is 6.51. The highest BCUT2D eigenvalue weighted by molar-refractivity contribution is 5.15. The highest BCUT2D eigenvalue weighted by Gasteiger charge is 2.11. The van der Waals surface area contributed by atoms with Gasteiger partial charge in [-0.15, -0.1) is 0 Å². The van der Waals surface area contributed by atoms with Crippen LogP contribution in [0.2, 0.25) is 0 Å². The third-order valence-electron chi connectivity index (χ3n) is 3.40. The van der Waals surface area contributed by atoms with Gasteiger partial charge in [0.2, 0.25) is 0 Å². The second-order valence-corrected chi connectivity index (χ2v) is 4.90. The van der Waals surface area contributed by atoms with Crippen LogP contribution < -0.4 is 0 Å². The Balaban J connectivity index is 2.06. The molecule has 0 saturated heterocycles.